The first-order valence-electron chi connectivity index (χ1n) is 13.2. The Kier molecular flexibility index (Phi) is 9.42. The number of pyridine rings is 1. The number of allylic oxidation sites excluding steroid dienone is 1. The van der Waals surface area contributed by atoms with Crippen molar-refractivity contribution in [3.63, 3.8) is 0 Å². The third-order valence-corrected chi connectivity index (χ3v) is 6.47. The number of carbonyl (C=O) groups is 1. The van der Waals surface area contributed by atoms with Crippen molar-refractivity contribution in [2.45, 2.75) is 45.3 Å². The van der Waals surface area contributed by atoms with Crippen LogP contribution in [-0.4, -0.2) is 24.0 Å². The highest BCUT2D eigenvalue weighted by atomic mass is 19.4. The summed E-state index contributed by atoms with van der Waals surface area (Å²) in [6, 6.07) is 11.5. The molecule has 0 saturated heterocycles. The summed E-state index contributed by atoms with van der Waals surface area (Å²) in [4.78, 5) is 16.7. The number of hydrogen-bond acceptors (Lipinski definition) is 5. The quantitative estimate of drug-likeness (QED) is 0.154. The van der Waals surface area contributed by atoms with Crippen LogP contribution in [0.1, 0.15) is 43.7 Å². The van der Waals surface area contributed by atoms with Gasteiger partial charge < -0.3 is 20.7 Å². The van der Waals surface area contributed by atoms with Crippen molar-refractivity contribution in [2.24, 2.45) is 5.92 Å². The maximum atomic E-state index is 14.7. The fourth-order valence-corrected chi connectivity index (χ4v) is 4.07. The lowest BCUT2D eigenvalue weighted by molar-refractivity contribution is -0.138. The molecule has 1 saturated carbocycles. The van der Waals surface area contributed by atoms with E-state index in [0.717, 1.165) is 37.4 Å². The zero-order chi connectivity index (χ0) is 28.7. The Morgan fingerprint density at radius 2 is 1.85 bits per heavy atom. The molecule has 0 atom stereocenters. The fourth-order valence-electron chi connectivity index (χ4n) is 4.07. The lowest BCUT2D eigenvalue weighted by Gasteiger charge is -2.16. The molecule has 6 nitrogen and oxygen atoms in total. The zero-order valence-electron chi connectivity index (χ0n) is 22.2. The molecular formula is C30H32F4N4O2. The van der Waals surface area contributed by atoms with Crippen LogP contribution in [0.25, 0.3) is 11.1 Å². The Labute approximate surface area is 230 Å². The molecular weight excluding hydrogens is 524 g/mol. The van der Waals surface area contributed by atoms with Crippen LogP contribution in [0.4, 0.5) is 29.1 Å². The molecule has 3 N–H and O–H groups in total. The van der Waals surface area contributed by atoms with Gasteiger partial charge in [-0.25, -0.2) is 9.37 Å². The number of nitrogens with one attached hydrogen (secondary N) is 3. The van der Waals surface area contributed by atoms with E-state index in [0.29, 0.717) is 29.4 Å². The van der Waals surface area contributed by atoms with E-state index < -0.39 is 30.1 Å². The number of carbonyl (C=O) groups excluding carboxylic acids is 1. The van der Waals surface area contributed by atoms with Gasteiger partial charge in [0.15, 0.2) is 18.2 Å². The lowest BCUT2D eigenvalue weighted by atomic mass is 10.1. The molecule has 0 aliphatic heterocycles. The maximum absolute atomic E-state index is 14.7. The summed E-state index contributed by atoms with van der Waals surface area (Å²) in [6.07, 6.45) is 1.08. The van der Waals surface area contributed by atoms with Crippen LogP contribution >= 0.6 is 0 Å². The largest absolute Gasteiger partial charge is 0.481 e. The third-order valence-electron chi connectivity index (χ3n) is 6.47. The van der Waals surface area contributed by atoms with E-state index in [2.05, 4.69) is 27.5 Å². The van der Waals surface area contributed by atoms with Crippen molar-refractivity contribution in [1.82, 2.24) is 10.3 Å². The topological polar surface area (TPSA) is 75.3 Å². The smallest absolute Gasteiger partial charge is 0.416 e. The standard InChI is InChI=1S/C30H32F4N4O2/c1-3-4-13-35-16-23-7-10-24(15-25(23)30(32,33)34)38-29(39)18-40-27-11-8-21(14-26(27)31)22-9-12-28(36-17-22)37-19(2)20-5-6-20/h7-12,14-15,17,20,35H,2-6,13,16,18H2,1H3,(H,36,37)(H,38,39). The van der Waals surface area contributed by atoms with E-state index in [4.69, 9.17) is 4.74 Å². The summed E-state index contributed by atoms with van der Waals surface area (Å²) >= 11 is 0. The molecule has 0 bridgehead atoms. The van der Waals surface area contributed by atoms with Gasteiger partial charge in [0.25, 0.3) is 5.91 Å². The van der Waals surface area contributed by atoms with E-state index in [1.165, 1.54) is 24.3 Å². The van der Waals surface area contributed by atoms with E-state index in [-0.39, 0.29) is 23.5 Å². The molecule has 1 aromatic heterocycles. The molecule has 3 aromatic rings. The number of amides is 1. The predicted molar refractivity (Wildman–Crippen MR) is 147 cm³/mol. The number of benzene rings is 2. The first kappa shape index (κ1) is 29.1. The lowest BCUT2D eigenvalue weighted by Crippen LogP contribution is -2.22. The summed E-state index contributed by atoms with van der Waals surface area (Å²) in [5.41, 5.74) is 1.42. The summed E-state index contributed by atoms with van der Waals surface area (Å²) in [6.45, 7) is 6.10. The average molecular weight is 557 g/mol. The van der Waals surface area contributed by atoms with Crippen molar-refractivity contribution >= 4 is 17.4 Å². The highest BCUT2D eigenvalue weighted by Gasteiger charge is 2.33. The molecule has 4 rings (SSSR count). The number of rotatable bonds is 13. The summed E-state index contributed by atoms with van der Waals surface area (Å²) < 4.78 is 60.8. The molecule has 0 spiro atoms. The first-order valence-corrected chi connectivity index (χ1v) is 13.2. The van der Waals surface area contributed by atoms with E-state index in [9.17, 15) is 22.4 Å². The second-order valence-corrected chi connectivity index (χ2v) is 9.74. The van der Waals surface area contributed by atoms with E-state index >= 15 is 0 Å². The van der Waals surface area contributed by atoms with Gasteiger partial charge in [-0.15, -0.1) is 0 Å². The number of anilines is 2. The van der Waals surface area contributed by atoms with Crippen molar-refractivity contribution in [3.05, 3.63) is 83.9 Å². The minimum Gasteiger partial charge on any atom is -0.481 e. The fraction of sp³-hybridized carbons (Fsp3) is 0.333. The Bertz CT molecular complexity index is 1340. The SMILES string of the molecule is C=C(Nc1ccc(-c2ccc(OCC(=O)Nc3ccc(CNCCCC)c(C(F)(F)F)c3)c(F)c2)cn1)C1CC1. The monoisotopic (exact) mass is 556 g/mol. The molecule has 1 aliphatic carbocycles. The Morgan fingerprint density at radius 3 is 2.50 bits per heavy atom. The van der Waals surface area contributed by atoms with Gasteiger partial charge in [0.1, 0.15) is 5.82 Å². The van der Waals surface area contributed by atoms with E-state index in [1.54, 1.807) is 24.4 Å². The third kappa shape index (κ3) is 8.05. The Hall–Kier alpha value is -3.92. The van der Waals surface area contributed by atoms with Crippen LogP contribution < -0.4 is 20.7 Å². The van der Waals surface area contributed by atoms with Gasteiger partial charge in [0, 0.05) is 29.7 Å². The molecule has 2 aromatic carbocycles. The maximum Gasteiger partial charge on any atom is 0.416 e. The molecule has 1 aliphatic rings. The van der Waals surface area contributed by atoms with Gasteiger partial charge in [-0.05, 0) is 79.3 Å². The zero-order valence-corrected chi connectivity index (χ0v) is 22.2. The molecule has 0 unspecified atom stereocenters. The predicted octanol–water partition coefficient (Wildman–Crippen LogP) is 7.15. The second kappa shape index (κ2) is 13.0. The minimum absolute atomic E-state index is 0.0276. The second-order valence-electron chi connectivity index (χ2n) is 9.74. The van der Waals surface area contributed by atoms with Crippen molar-refractivity contribution in [3.8, 4) is 16.9 Å². The van der Waals surface area contributed by atoms with Crippen molar-refractivity contribution in [2.75, 3.05) is 23.8 Å². The van der Waals surface area contributed by atoms with Crippen LogP contribution in [0.15, 0.2) is 67.0 Å². The van der Waals surface area contributed by atoms with Gasteiger partial charge in [0.2, 0.25) is 0 Å². The highest BCUT2D eigenvalue weighted by molar-refractivity contribution is 5.92. The van der Waals surface area contributed by atoms with Crippen LogP contribution in [0.2, 0.25) is 0 Å². The van der Waals surface area contributed by atoms with Crippen LogP contribution in [0, 0.1) is 11.7 Å². The molecule has 40 heavy (non-hydrogen) atoms. The minimum atomic E-state index is -4.58. The molecule has 1 fully saturated rings. The van der Waals surface area contributed by atoms with Crippen molar-refractivity contribution < 1.29 is 27.1 Å². The van der Waals surface area contributed by atoms with Gasteiger partial charge in [-0.3, -0.25) is 4.79 Å². The van der Waals surface area contributed by atoms with E-state index in [1.807, 2.05) is 6.92 Å². The van der Waals surface area contributed by atoms with Gasteiger partial charge in [-0.1, -0.05) is 32.1 Å². The van der Waals surface area contributed by atoms with Gasteiger partial charge in [-0.2, -0.15) is 13.2 Å². The number of alkyl halides is 3. The van der Waals surface area contributed by atoms with Crippen LogP contribution in [0.5, 0.6) is 5.75 Å². The van der Waals surface area contributed by atoms with Crippen LogP contribution in [0.3, 0.4) is 0 Å². The molecule has 1 amide bonds. The number of ether oxygens (including phenoxy) is 1. The molecule has 1 heterocycles. The molecule has 0 radical (unpaired) electrons. The van der Waals surface area contributed by atoms with Crippen molar-refractivity contribution in [1.29, 1.82) is 0 Å². The van der Waals surface area contributed by atoms with Gasteiger partial charge >= 0.3 is 6.18 Å². The number of nitrogens with zero attached hydrogens (tertiary/aromatic N) is 1. The number of halogens is 4. The average Bonchev–Trinajstić information content (AvgIpc) is 3.77. The first-order chi connectivity index (χ1) is 19.1. The normalized spacial score (nSPS) is 13.1. The number of unbranched alkanes of at least 4 members (excludes halogenated alkanes) is 1. The van der Waals surface area contributed by atoms with Crippen LogP contribution in [-0.2, 0) is 17.5 Å². The Morgan fingerprint density at radius 1 is 1.07 bits per heavy atom. The Balaban J connectivity index is 1.33. The summed E-state index contributed by atoms with van der Waals surface area (Å²) in [5, 5.41) is 8.56. The highest BCUT2D eigenvalue weighted by Crippen LogP contribution is 2.36. The summed E-state index contributed by atoms with van der Waals surface area (Å²) in [5.74, 6) is -0.409. The molecule has 10 heteroatoms. The van der Waals surface area contributed by atoms with Gasteiger partial charge in [0.05, 0.1) is 5.56 Å². The number of aromatic nitrogens is 1. The summed E-state index contributed by atoms with van der Waals surface area (Å²) in [7, 11) is 0. The molecule has 212 valence electrons. The number of hydrogen-bond donors (Lipinski definition) is 3.